The first-order valence-corrected chi connectivity index (χ1v) is 5.32. The molecular formula is C10H9ClO2S. The minimum atomic E-state index is 0.000756. The van der Waals surface area contributed by atoms with E-state index in [0.717, 1.165) is 15.6 Å². The summed E-state index contributed by atoms with van der Waals surface area (Å²) in [6.45, 7) is 0.000756. The van der Waals surface area contributed by atoms with E-state index in [9.17, 15) is 5.11 Å². The summed E-state index contributed by atoms with van der Waals surface area (Å²) >= 11 is 7.47. The highest BCUT2D eigenvalue weighted by Gasteiger charge is 2.13. The molecule has 14 heavy (non-hydrogen) atoms. The number of hydrogen-bond donors (Lipinski definition) is 1. The molecule has 0 saturated carbocycles. The second kappa shape index (κ2) is 3.77. The maximum absolute atomic E-state index is 9.17. The Labute approximate surface area is 90.7 Å². The first kappa shape index (κ1) is 9.77. The summed E-state index contributed by atoms with van der Waals surface area (Å²) in [5.41, 5.74) is 0.850. The second-order valence-electron chi connectivity index (χ2n) is 2.86. The van der Waals surface area contributed by atoms with Crippen molar-refractivity contribution in [3.05, 3.63) is 28.1 Å². The van der Waals surface area contributed by atoms with Crippen LogP contribution in [0.15, 0.2) is 18.2 Å². The Bertz CT molecular complexity index is 464. The van der Waals surface area contributed by atoms with E-state index in [0.29, 0.717) is 10.1 Å². The van der Waals surface area contributed by atoms with Crippen LogP contribution in [0.3, 0.4) is 0 Å². The largest absolute Gasteiger partial charge is 0.494 e. The third kappa shape index (κ3) is 1.38. The lowest BCUT2D eigenvalue weighted by Crippen LogP contribution is -1.86. The van der Waals surface area contributed by atoms with Crippen LogP contribution in [0.1, 0.15) is 5.56 Å². The van der Waals surface area contributed by atoms with Crippen molar-refractivity contribution < 1.29 is 9.84 Å². The Kier molecular flexibility index (Phi) is 2.63. The van der Waals surface area contributed by atoms with Crippen LogP contribution < -0.4 is 4.74 Å². The second-order valence-corrected chi connectivity index (χ2v) is 4.51. The van der Waals surface area contributed by atoms with E-state index in [1.807, 2.05) is 18.2 Å². The number of halogens is 1. The van der Waals surface area contributed by atoms with Crippen LogP contribution in [0.5, 0.6) is 5.75 Å². The molecule has 0 aliphatic rings. The van der Waals surface area contributed by atoms with Crippen LogP contribution in [0.4, 0.5) is 0 Å². The minimum Gasteiger partial charge on any atom is -0.494 e. The molecule has 2 aromatic rings. The first-order chi connectivity index (χ1) is 6.77. The third-order valence-corrected chi connectivity index (χ3v) is 3.42. The highest BCUT2D eigenvalue weighted by Crippen LogP contribution is 2.42. The van der Waals surface area contributed by atoms with E-state index in [1.54, 1.807) is 7.11 Å². The Balaban J connectivity index is 2.82. The van der Waals surface area contributed by atoms with Crippen molar-refractivity contribution in [1.29, 1.82) is 0 Å². The van der Waals surface area contributed by atoms with Gasteiger partial charge in [0.2, 0.25) is 0 Å². The van der Waals surface area contributed by atoms with Crippen molar-refractivity contribution in [1.82, 2.24) is 0 Å². The van der Waals surface area contributed by atoms with Crippen LogP contribution in [0.2, 0.25) is 4.34 Å². The molecule has 0 atom stereocenters. The normalized spacial score (nSPS) is 10.8. The summed E-state index contributed by atoms with van der Waals surface area (Å²) in [6.07, 6.45) is 0. The number of thiophene rings is 1. The fraction of sp³-hybridized carbons (Fsp3) is 0.200. The average Bonchev–Trinajstić information content (AvgIpc) is 2.52. The van der Waals surface area contributed by atoms with Gasteiger partial charge < -0.3 is 9.84 Å². The first-order valence-electron chi connectivity index (χ1n) is 4.12. The van der Waals surface area contributed by atoms with Gasteiger partial charge in [0.25, 0.3) is 0 Å². The molecule has 1 aromatic carbocycles. The van der Waals surface area contributed by atoms with Crippen LogP contribution >= 0.6 is 22.9 Å². The van der Waals surface area contributed by atoms with Crippen LogP contribution in [-0.2, 0) is 6.61 Å². The molecule has 0 bridgehead atoms. The molecule has 4 heteroatoms. The quantitative estimate of drug-likeness (QED) is 0.856. The van der Waals surface area contributed by atoms with Crippen LogP contribution in [0.25, 0.3) is 10.1 Å². The number of rotatable bonds is 2. The Morgan fingerprint density at radius 1 is 1.50 bits per heavy atom. The highest BCUT2D eigenvalue weighted by atomic mass is 35.5. The molecule has 0 saturated heterocycles. The van der Waals surface area contributed by atoms with Gasteiger partial charge in [0.15, 0.2) is 5.75 Å². The van der Waals surface area contributed by atoms with Gasteiger partial charge in [-0.05, 0) is 11.6 Å². The number of methoxy groups -OCH3 is 1. The molecule has 2 nitrogen and oxygen atoms in total. The van der Waals surface area contributed by atoms with E-state index in [1.165, 1.54) is 11.3 Å². The lowest BCUT2D eigenvalue weighted by atomic mass is 10.1. The smallest absolute Gasteiger partial charge is 0.156 e. The fourth-order valence-corrected chi connectivity index (χ4v) is 2.84. The van der Waals surface area contributed by atoms with Gasteiger partial charge in [0.05, 0.1) is 13.7 Å². The summed E-state index contributed by atoms with van der Waals surface area (Å²) in [5.74, 6) is 0.663. The fourth-order valence-electron chi connectivity index (χ4n) is 1.47. The molecule has 74 valence electrons. The number of aliphatic hydroxyl groups is 1. The van der Waals surface area contributed by atoms with Crippen molar-refractivity contribution in [2.45, 2.75) is 6.61 Å². The zero-order chi connectivity index (χ0) is 10.1. The van der Waals surface area contributed by atoms with Gasteiger partial charge in [-0.15, -0.1) is 11.3 Å². The van der Waals surface area contributed by atoms with Crippen molar-refractivity contribution in [3.63, 3.8) is 0 Å². The molecule has 1 heterocycles. The summed E-state index contributed by atoms with van der Waals surface area (Å²) in [5, 5.41) is 10.1. The van der Waals surface area contributed by atoms with Crippen LogP contribution in [-0.4, -0.2) is 12.2 Å². The maximum Gasteiger partial charge on any atom is 0.156 e. The number of hydrogen-bond acceptors (Lipinski definition) is 3. The lowest BCUT2D eigenvalue weighted by molar-refractivity contribution is 0.283. The number of benzene rings is 1. The third-order valence-electron chi connectivity index (χ3n) is 2.09. The van der Waals surface area contributed by atoms with Crippen molar-refractivity contribution in [2.24, 2.45) is 0 Å². The molecule has 0 aliphatic heterocycles. The Hall–Kier alpha value is -0.770. The summed E-state index contributed by atoms with van der Waals surface area (Å²) < 4.78 is 6.88. The minimum absolute atomic E-state index is 0.000756. The predicted octanol–water partition coefficient (Wildman–Crippen LogP) is 3.06. The summed E-state index contributed by atoms with van der Waals surface area (Å²) in [6, 6.07) is 5.74. The average molecular weight is 229 g/mol. The van der Waals surface area contributed by atoms with Crippen LogP contribution in [0, 0.1) is 0 Å². The zero-order valence-electron chi connectivity index (χ0n) is 7.58. The summed E-state index contributed by atoms with van der Waals surface area (Å²) in [7, 11) is 1.58. The van der Waals surface area contributed by atoms with E-state index in [4.69, 9.17) is 16.3 Å². The maximum atomic E-state index is 9.17. The molecule has 1 aromatic heterocycles. The number of fused-ring (bicyclic) bond motifs is 1. The molecule has 0 spiro atoms. The zero-order valence-corrected chi connectivity index (χ0v) is 9.15. The van der Waals surface area contributed by atoms with Crippen molar-refractivity contribution >= 4 is 33.0 Å². The van der Waals surface area contributed by atoms with Gasteiger partial charge in [0.1, 0.15) is 4.34 Å². The van der Waals surface area contributed by atoms with E-state index in [-0.39, 0.29) is 6.61 Å². The van der Waals surface area contributed by atoms with E-state index in [2.05, 4.69) is 0 Å². The van der Waals surface area contributed by atoms with E-state index < -0.39 is 0 Å². The van der Waals surface area contributed by atoms with Crippen molar-refractivity contribution in [2.75, 3.05) is 7.11 Å². The topological polar surface area (TPSA) is 29.5 Å². The van der Waals surface area contributed by atoms with Gasteiger partial charge in [0, 0.05) is 10.1 Å². The van der Waals surface area contributed by atoms with Gasteiger partial charge in [-0.2, -0.15) is 0 Å². The molecule has 0 unspecified atom stereocenters. The Morgan fingerprint density at radius 3 is 2.93 bits per heavy atom. The molecule has 0 fully saturated rings. The van der Waals surface area contributed by atoms with Gasteiger partial charge in [-0.25, -0.2) is 0 Å². The molecular weight excluding hydrogens is 220 g/mol. The molecule has 1 N–H and O–H groups in total. The van der Waals surface area contributed by atoms with Gasteiger partial charge >= 0.3 is 0 Å². The summed E-state index contributed by atoms with van der Waals surface area (Å²) in [4.78, 5) is 0. The lowest BCUT2D eigenvalue weighted by Gasteiger charge is -2.02. The Morgan fingerprint density at radius 2 is 2.29 bits per heavy atom. The SMILES string of the molecule is COc1c(Cl)sc2cccc(CO)c12. The predicted molar refractivity (Wildman–Crippen MR) is 59.3 cm³/mol. The molecule has 0 radical (unpaired) electrons. The van der Waals surface area contributed by atoms with E-state index >= 15 is 0 Å². The molecule has 2 rings (SSSR count). The highest BCUT2D eigenvalue weighted by molar-refractivity contribution is 7.23. The molecule has 0 amide bonds. The number of ether oxygens (including phenoxy) is 1. The number of aliphatic hydroxyl groups excluding tert-OH is 1. The van der Waals surface area contributed by atoms with Crippen molar-refractivity contribution in [3.8, 4) is 5.75 Å². The van der Waals surface area contributed by atoms with Gasteiger partial charge in [-0.3, -0.25) is 0 Å². The molecule has 0 aliphatic carbocycles. The van der Waals surface area contributed by atoms with Gasteiger partial charge in [-0.1, -0.05) is 23.7 Å². The monoisotopic (exact) mass is 228 g/mol. The standard InChI is InChI=1S/C10H9ClO2S/c1-13-9-8-6(5-12)3-2-4-7(8)14-10(9)11/h2-4,12H,5H2,1H3.